The largest absolute Gasteiger partial charge is 0.463 e. The van der Waals surface area contributed by atoms with Gasteiger partial charge in [0, 0.05) is 20.8 Å². The summed E-state index contributed by atoms with van der Waals surface area (Å²) in [6.45, 7) is 3.09. The molecule has 0 radical (unpaired) electrons. The third-order valence-corrected chi connectivity index (χ3v) is 2.31. The summed E-state index contributed by atoms with van der Waals surface area (Å²) in [7, 11) is 0. The lowest BCUT2D eigenvalue weighted by atomic mass is 10.1. The predicted molar refractivity (Wildman–Crippen MR) is 57.5 cm³/mol. The summed E-state index contributed by atoms with van der Waals surface area (Å²) in [5.41, 5.74) is 0. The number of hydrogen-bond acceptors (Lipinski definition) is 7. The molecule has 1 heterocycles. The molecular weight excluding hydrogens is 263 g/mol. The molecule has 0 amide bonds. The molecule has 4 atom stereocenters. The molecule has 0 aromatic heterocycles. The van der Waals surface area contributed by atoms with E-state index in [0.29, 0.717) is 0 Å². The summed E-state index contributed by atoms with van der Waals surface area (Å²) in [5, 5.41) is 0. The van der Waals surface area contributed by atoms with E-state index in [0.717, 1.165) is 13.8 Å². The Bertz CT molecular complexity index is 370. The van der Waals surface area contributed by atoms with Crippen LogP contribution in [0.25, 0.3) is 0 Å². The van der Waals surface area contributed by atoms with Crippen molar-refractivity contribution in [1.82, 2.24) is 0 Å². The van der Waals surface area contributed by atoms with Crippen LogP contribution >= 0.6 is 0 Å². The highest BCUT2D eigenvalue weighted by atomic mass is 19.1. The topological polar surface area (TPSA) is 88.1 Å². The van der Waals surface area contributed by atoms with Gasteiger partial charge in [-0.15, -0.1) is 0 Å². The van der Waals surface area contributed by atoms with Crippen LogP contribution in [0.15, 0.2) is 0 Å². The number of rotatable bonds is 4. The van der Waals surface area contributed by atoms with Crippen molar-refractivity contribution < 1.29 is 37.7 Å². The van der Waals surface area contributed by atoms with Crippen LogP contribution in [0.2, 0.25) is 0 Å². The minimum atomic E-state index is -1.95. The molecule has 0 unspecified atom stereocenters. The molecule has 8 heteroatoms. The summed E-state index contributed by atoms with van der Waals surface area (Å²) in [6.07, 6.45) is -5.50. The van der Waals surface area contributed by atoms with E-state index in [-0.39, 0.29) is 6.61 Å². The first kappa shape index (κ1) is 15.4. The molecule has 0 N–H and O–H groups in total. The molecule has 1 fully saturated rings. The van der Waals surface area contributed by atoms with E-state index in [9.17, 15) is 18.8 Å². The van der Waals surface area contributed by atoms with Crippen molar-refractivity contribution in [2.45, 2.75) is 45.4 Å². The van der Waals surface area contributed by atoms with Gasteiger partial charge in [-0.1, -0.05) is 0 Å². The Hall–Kier alpha value is -1.70. The average molecular weight is 278 g/mol. The molecule has 0 aromatic carbocycles. The zero-order chi connectivity index (χ0) is 14.6. The Labute approximate surface area is 108 Å². The van der Waals surface area contributed by atoms with Crippen molar-refractivity contribution in [3.05, 3.63) is 0 Å². The van der Waals surface area contributed by atoms with Gasteiger partial charge in [0.25, 0.3) is 0 Å². The van der Waals surface area contributed by atoms with Crippen molar-refractivity contribution in [3.63, 3.8) is 0 Å². The summed E-state index contributed by atoms with van der Waals surface area (Å²) in [5.74, 6) is -2.01. The van der Waals surface area contributed by atoms with E-state index >= 15 is 0 Å². The molecule has 0 saturated carbocycles. The number of halogens is 1. The van der Waals surface area contributed by atoms with Gasteiger partial charge in [-0.25, -0.2) is 4.39 Å². The van der Waals surface area contributed by atoms with Gasteiger partial charge in [-0.2, -0.15) is 0 Å². The normalized spacial score (nSPS) is 29.7. The van der Waals surface area contributed by atoms with Crippen LogP contribution in [0, 0.1) is 0 Å². The summed E-state index contributed by atoms with van der Waals surface area (Å²) in [6, 6.07) is 0. The van der Waals surface area contributed by atoms with E-state index in [4.69, 9.17) is 14.2 Å². The van der Waals surface area contributed by atoms with Gasteiger partial charge in [0.15, 0.2) is 12.2 Å². The molecule has 1 rings (SSSR count). The van der Waals surface area contributed by atoms with Gasteiger partial charge in [0.1, 0.15) is 12.7 Å². The molecule has 108 valence electrons. The summed E-state index contributed by atoms with van der Waals surface area (Å²) < 4.78 is 32.7. The number of hydrogen-bond donors (Lipinski definition) is 0. The zero-order valence-corrected chi connectivity index (χ0v) is 10.8. The monoisotopic (exact) mass is 278 g/mol. The number of carbonyl (C=O) groups is 3. The lowest BCUT2D eigenvalue weighted by Gasteiger charge is -2.21. The van der Waals surface area contributed by atoms with E-state index in [1.54, 1.807) is 0 Å². The molecule has 1 aliphatic rings. The molecule has 0 aromatic rings. The third-order valence-electron chi connectivity index (χ3n) is 2.31. The van der Waals surface area contributed by atoms with Crippen LogP contribution in [0.5, 0.6) is 0 Å². The molecule has 0 aliphatic carbocycles. The Morgan fingerprint density at radius 2 is 1.53 bits per heavy atom. The van der Waals surface area contributed by atoms with Gasteiger partial charge >= 0.3 is 17.9 Å². The van der Waals surface area contributed by atoms with Gasteiger partial charge in [-0.3, -0.25) is 14.4 Å². The maximum atomic E-state index is 13.6. The van der Waals surface area contributed by atoms with Crippen molar-refractivity contribution >= 4 is 17.9 Å². The van der Waals surface area contributed by atoms with Crippen LogP contribution in [0.3, 0.4) is 0 Å². The first-order valence-corrected chi connectivity index (χ1v) is 5.58. The van der Waals surface area contributed by atoms with E-state index in [1.165, 1.54) is 6.92 Å². The fourth-order valence-corrected chi connectivity index (χ4v) is 1.66. The summed E-state index contributed by atoms with van der Waals surface area (Å²) in [4.78, 5) is 32.6. The maximum Gasteiger partial charge on any atom is 0.303 e. The van der Waals surface area contributed by atoms with E-state index in [2.05, 4.69) is 4.74 Å². The maximum absolute atomic E-state index is 13.6. The Balaban J connectivity index is 2.76. The Morgan fingerprint density at radius 3 is 2.00 bits per heavy atom. The van der Waals surface area contributed by atoms with Crippen LogP contribution < -0.4 is 0 Å². The first-order valence-electron chi connectivity index (χ1n) is 5.58. The minimum absolute atomic E-state index is 0.300. The van der Waals surface area contributed by atoms with Gasteiger partial charge in [0.2, 0.25) is 6.36 Å². The fraction of sp³-hybridized carbons (Fsp3) is 0.727. The van der Waals surface area contributed by atoms with Crippen molar-refractivity contribution in [2.24, 2.45) is 0 Å². The second-order valence-electron chi connectivity index (χ2n) is 3.98. The smallest absolute Gasteiger partial charge is 0.303 e. The second-order valence-corrected chi connectivity index (χ2v) is 3.98. The SMILES string of the molecule is CC(=O)OC[C@H]1O[C@@H](F)[C@H](OC(C)=O)[C@H]1OC(C)=O. The summed E-state index contributed by atoms with van der Waals surface area (Å²) >= 11 is 0. The van der Waals surface area contributed by atoms with Crippen molar-refractivity contribution in [3.8, 4) is 0 Å². The first-order chi connectivity index (χ1) is 8.81. The fourth-order valence-electron chi connectivity index (χ4n) is 1.66. The van der Waals surface area contributed by atoms with E-state index in [1.807, 2.05) is 0 Å². The van der Waals surface area contributed by atoms with E-state index < -0.39 is 42.6 Å². The predicted octanol–water partition coefficient (Wildman–Crippen LogP) is 0.107. The number of ether oxygens (including phenoxy) is 4. The molecule has 1 saturated heterocycles. The standard InChI is InChI=1S/C11H15FO7/c1-5(13)16-4-8-9(17-6(2)14)10(11(12)19-8)18-7(3)15/h8-11H,4H2,1-3H3/t8-,9+,10-,11-/m1/s1. The molecule has 19 heavy (non-hydrogen) atoms. The molecular formula is C11H15FO7. The van der Waals surface area contributed by atoms with Crippen molar-refractivity contribution in [1.29, 1.82) is 0 Å². The zero-order valence-electron chi connectivity index (χ0n) is 10.8. The Kier molecular flexibility index (Phi) is 5.22. The van der Waals surface area contributed by atoms with Gasteiger partial charge in [0.05, 0.1) is 0 Å². The molecule has 1 aliphatic heterocycles. The number of alkyl halides is 1. The lowest BCUT2D eigenvalue weighted by molar-refractivity contribution is -0.167. The van der Waals surface area contributed by atoms with Crippen LogP contribution in [0.4, 0.5) is 4.39 Å². The highest BCUT2D eigenvalue weighted by Crippen LogP contribution is 2.28. The highest BCUT2D eigenvalue weighted by Gasteiger charge is 2.50. The van der Waals surface area contributed by atoms with Crippen LogP contribution in [0.1, 0.15) is 20.8 Å². The molecule has 0 bridgehead atoms. The second kappa shape index (κ2) is 6.46. The third kappa shape index (κ3) is 4.47. The van der Waals surface area contributed by atoms with Crippen LogP contribution in [-0.2, 0) is 33.3 Å². The van der Waals surface area contributed by atoms with Gasteiger partial charge < -0.3 is 18.9 Å². The number of carbonyl (C=O) groups excluding carboxylic acids is 3. The highest BCUT2D eigenvalue weighted by molar-refractivity contribution is 5.67. The van der Waals surface area contributed by atoms with Crippen molar-refractivity contribution in [2.75, 3.05) is 6.61 Å². The molecule has 0 spiro atoms. The lowest BCUT2D eigenvalue weighted by Crippen LogP contribution is -2.40. The minimum Gasteiger partial charge on any atom is -0.463 e. The Morgan fingerprint density at radius 1 is 1.00 bits per heavy atom. The quantitative estimate of drug-likeness (QED) is 0.532. The molecule has 7 nitrogen and oxygen atoms in total. The van der Waals surface area contributed by atoms with Gasteiger partial charge in [-0.05, 0) is 0 Å². The van der Waals surface area contributed by atoms with Crippen LogP contribution in [-0.4, -0.2) is 49.2 Å². The average Bonchev–Trinajstić information content (AvgIpc) is 2.53. The number of esters is 3.